The number of carbonyl (C=O) groups is 2. The first-order chi connectivity index (χ1) is 11.4. The van der Waals surface area contributed by atoms with Gasteiger partial charge in [0.1, 0.15) is 0 Å². The molecule has 1 aromatic carbocycles. The number of hydrogen-bond donors (Lipinski definition) is 1. The molecule has 0 radical (unpaired) electrons. The Labute approximate surface area is 147 Å². The predicted molar refractivity (Wildman–Crippen MR) is 94.4 cm³/mol. The van der Waals surface area contributed by atoms with Gasteiger partial charge >= 0.3 is 6.09 Å². The number of ether oxygens (including phenoxy) is 1. The molecule has 7 heteroatoms. The number of amides is 2. The average Bonchev–Trinajstić information content (AvgIpc) is 2.57. The summed E-state index contributed by atoms with van der Waals surface area (Å²) in [5.74, 6) is -0.0787. The number of benzene rings is 1. The van der Waals surface area contributed by atoms with Gasteiger partial charge in [-0.1, -0.05) is 17.7 Å². The summed E-state index contributed by atoms with van der Waals surface area (Å²) >= 11 is 5.99. The Balaban J connectivity index is 1.90. The zero-order valence-electron chi connectivity index (χ0n) is 14.3. The van der Waals surface area contributed by atoms with Crippen LogP contribution >= 0.6 is 11.6 Å². The normalized spacial score (nSPS) is 16.6. The zero-order valence-corrected chi connectivity index (χ0v) is 15.1. The van der Waals surface area contributed by atoms with Crippen LogP contribution in [0.25, 0.3) is 0 Å². The maximum absolute atomic E-state index is 12.5. The highest BCUT2D eigenvalue weighted by molar-refractivity contribution is 6.31. The minimum Gasteiger partial charge on any atom is -0.450 e. The van der Waals surface area contributed by atoms with E-state index in [1.54, 1.807) is 24.0 Å². The van der Waals surface area contributed by atoms with E-state index in [4.69, 9.17) is 16.3 Å². The second-order valence-corrected chi connectivity index (χ2v) is 6.28. The van der Waals surface area contributed by atoms with Crippen LogP contribution < -0.4 is 5.32 Å². The van der Waals surface area contributed by atoms with Gasteiger partial charge in [-0.25, -0.2) is 4.79 Å². The second-order valence-electron chi connectivity index (χ2n) is 5.85. The Morgan fingerprint density at radius 2 is 1.96 bits per heavy atom. The van der Waals surface area contributed by atoms with Gasteiger partial charge in [-0.2, -0.15) is 0 Å². The lowest BCUT2D eigenvalue weighted by molar-refractivity contribution is -0.121. The van der Waals surface area contributed by atoms with Crippen LogP contribution in [0.15, 0.2) is 18.2 Å². The van der Waals surface area contributed by atoms with E-state index in [9.17, 15) is 9.59 Å². The van der Waals surface area contributed by atoms with Crippen molar-refractivity contribution in [2.24, 2.45) is 0 Å². The number of halogens is 1. The van der Waals surface area contributed by atoms with Crippen molar-refractivity contribution in [2.75, 3.05) is 38.1 Å². The molecule has 1 atom stereocenters. The molecule has 0 unspecified atom stereocenters. The minimum atomic E-state index is -0.288. The summed E-state index contributed by atoms with van der Waals surface area (Å²) in [7, 11) is 0. The molecule has 6 nitrogen and oxygen atoms in total. The van der Waals surface area contributed by atoms with Crippen molar-refractivity contribution in [3.63, 3.8) is 0 Å². The van der Waals surface area contributed by atoms with Gasteiger partial charge in [0, 0.05) is 36.9 Å². The summed E-state index contributed by atoms with van der Waals surface area (Å²) in [6.45, 7) is 8.36. The zero-order chi connectivity index (χ0) is 17.7. The van der Waals surface area contributed by atoms with Crippen LogP contribution in [0, 0.1) is 6.92 Å². The van der Waals surface area contributed by atoms with Crippen molar-refractivity contribution >= 4 is 29.3 Å². The van der Waals surface area contributed by atoms with E-state index in [-0.39, 0.29) is 18.0 Å². The number of nitrogens with zero attached hydrogens (tertiary/aromatic N) is 2. The van der Waals surface area contributed by atoms with Gasteiger partial charge < -0.3 is 15.0 Å². The van der Waals surface area contributed by atoms with Crippen molar-refractivity contribution in [2.45, 2.75) is 26.8 Å². The molecule has 1 saturated heterocycles. The lowest BCUT2D eigenvalue weighted by Crippen LogP contribution is -2.54. The number of piperazine rings is 1. The van der Waals surface area contributed by atoms with Crippen molar-refractivity contribution in [3.8, 4) is 0 Å². The largest absolute Gasteiger partial charge is 0.450 e. The Bertz CT molecular complexity index is 601. The average molecular weight is 354 g/mol. The van der Waals surface area contributed by atoms with E-state index in [1.165, 1.54) is 0 Å². The summed E-state index contributed by atoms with van der Waals surface area (Å²) in [6.07, 6.45) is -0.288. The predicted octanol–water partition coefficient (Wildman–Crippen LogP) is 2.75. The maximum atomic E-state index is 12.5. The molecular weight excluding hydrogens is 330 g/mol. The molecule has 1 fully saturated rings. The third kappa shape index (κ3) is 4.61. The number of anilines is 1. The summed E-state index contributed by atoms with van der Waals surface area (Å²) in [5, 5.41) is 3.52. The van der Waals surface area contributed by atoms with Gasteiger partial charge in [-0.05, 0) is 38.5 Å². The van der Waals surface area contributed by atoms with E-state index < -0.39 is 0 Å². The lowest BCUT2D eigenvalue weighted by Gasteiger charge is -2.36. The Hall–Kier alpha value is -1.79. The molecular formula is C17H24ClN3O3. The molecule has 1 heterocycles. The van der Waals surface area contributed by atoms with Crippen molar-refractivity contribution < 1.29 is 14.3 Å². The van der Waals surface area contributed by atoms with Crippen molar-refractivity contribution in [3.05, 3.63) is 28.8 Å². The van der Waals surface area contributed by atoms with E-state index in [0.29, 0.717) is 37.8 Å². The summed E-state index contributed by atoms with van der Waals surface area (Å²) in [4.78, 5) is 27.9. The first kappa shape index (κ1) is 18.5. The SMILES string of the molecule is CCOC(=O)N1CCN([C@@H](C)C(=O)Nc2cc(Cl)ccc2C)CC1. The molecule has 0 spiro atoms. The van der Waals surface area contributed by atoms with Crippen LogP contribution in [-0.4, -0.2) is 60.6 Å². The summed E-state index contributed by atoms with van der Waals surface area (Å²) in [5.41, 5.74) is 1.69. The van der Waals surface area contributed by atoms with E-state index in [1.807, 2.05) is 19.9 Å². The molecule has 1 aliphatic heterocycles. The third-order valence-electron chi connectivity index (χ3n) is 4.22. The topological polar surface area (TPSA) is 61.9 Å². The van der Waals surface area contributed by atoms with Crippen molar-refractivity contribution in [1.82, 2.24) is 9.80 Å². The van der Waals surface area contributed by atoms with Crippen LogP contribution in [0.3, 0.4) is 0 Å². The minimum absolute atomic E-state index is 0.0787. The molecule has 132 valence electrons. The number of carbonyl (C=O) groups excluding carboxylic acids is 2. The highest BCUT2D eigenvalue weighted by Crippen LogP contribution is 2.21. The van der Waals surface area contributed by atoms with Gasteiger partial charge in [-0.3, -0.25) is 9.69 Å². The van der Waals surface area contributed by atoms with Gasteiger partial charge in [-0.15, -0.1) is 0 Å². The summed E-state index contributed by atoms with van der Waals surface area (Å²) in [6, 6.07) is 5.14. The molecule has 1 aromatic rings. The van der Waals surface area contributed by atoms with Crippen LogP contribution in [0.1, 0.15) is 19.4 Å². The van der Waals surface area contributed by atoms with E-state index in [2.05, 4.69) is 10.2 Å². The quantitative estimate of drug-likeness (QED) is 0.904. The number of rotatable bonds is 4. The molecule has 2 amide bonds. The standard InChI is InChI=1S/C17H24ClN3O3/c1-4-24-17(23)21-9-7-20(8-10-21)13(3)16(22)19-15-11-14(18)6-5-12(15)2/h5-6,11,13H,4,7-10H2,1-3H3,(H,19,22)/t13-/m0/s1. The van der Waals surface area contributed by atoms with Gasteiger partial charge in [0.15, 0.2) is 0 Å². The second kappa shape index (κ2) is 8.35. The Kier molecular flexibility index (Phi) is 6.45. The van der Waals surface area contributed by atoms with Crippen LogP contribution in [0.4, 0.5) is 10.5 Å². The van der Waals surface area contributed by atoms with Gasteiger partial charge in [0.2, 0.25) is 5.91 Å². The fraction of sp³-hybridized carbons (Fsp3) is 0.529. The van der Waals surface area contributed by atoms with Crippen LogP contribution in [0.2, 0.25) is 5.02 Å². The molecule has 24 heavy (non-hydrogen) atoms. The van der Waals surface area contributed by atoms with Crippen molar-refractivity contribution in [1.29, 1.82) is 0 Å². The Morgan fingerprint density at radius 3 is 2.58 bits per heavy atom. The fourth-order valence-corrected chi connectivity index (χ4v) is 2.81. The lowest BCUT2D eigenvalue weighted by atomic mass is 10.1. The molecule has 1 aliphatic rings. The molecule has 0 aromatic heterocycles. The van der Waals surface area contributed by atoms with Gasteiger partial charge in [0.05, 0.1) is 12.6 Å². The summed E-state index contributed by atoms with van der Waals surface area (Å²) < 4.78 is 5.00. The number of aryl methyl sites for hydroxylation is 1. The first-order valence-electron chi connectivity index (χ1n) is 8.15. The highest BCUT2D eigenvalue weighted by atomic mass is 35.5. The van der Waals surface area contributed by atoms with Crippen LogP contribution in [-0.2, 0) is 9.53 Å². The maximum Gasteiger partial charge on any atom is 0.409 e. The highest BCUT2D eigenvalue weighted by Gasteiger charge is 2.28. The van der Waals surface area contributed by atoms with Gasteiger partial charge in [0.25, 0.3) is 0 Å². The van der Waals surface area contributed by atoms with Crippen LogP contribution in [0.5, 0.6) is 0 Å². The molecule has 2 rings (SSSR count). The first-order valence-corrected chi connectivity index (χ1v) is 8.53. The fourth-order valence-electron chi connectivity index (χ4n) is 2.64. The third-order valence-corrected chi connectivity index (χ3v) is 4.46. The molecule has 0 aliphatic carbocycles. The van der Waals surface area contributed by atoms with E-state index >= 15 is 0 Å². The Morgan fingerprint density at radius 1 is 1.29 bits per heavy atom. The monoisotopic (exact) mass is 353 g/mol. The number of hydrogen-bond acceptors (Lipinski definition) is 4. The van der Waals surface area contributed by atoms with E-state index in [0.717, 1.165) is 11.3 Å². The molecule has 0 bridgehead atoms. The number of nitrogens with one attached hydrogen (secondary N) is 1. The molecule has 0 saturated carbocycles. The molecule has 1 N–H and O–H groups in total. The smallest absolute Gasteiger partial charge is 0.409 e.